The van der Waals surface area contributed by atoms with Gasteiger partial charge in [-0.05, 0) is 38.1 Å². The number of hydrogen-bond donors (Lipinski definition) is 2. The molecule has 1 aromatic heterocycles. The maximum atomic E-state index is 12.1. The molecule has 24 heavy (non-hydrogen) atoms. The molecule has 2 aromatic rings. The summed E-state index contributed by atoms with van der Waals surface area (Å²) in [6, 6.07) is 6.02. The summed E-state index contributed by atoms with van der Waals surface area (Å²) in [4.78, 5) is 17.2. The highest BCUT2D eigenvalue weighted by Crippen LogP contribution is 2.21. The molecule has 0 aliphatic carbocycles. The van der Waals surface area contributed by atoms with Gasteiger partial charge in [-0.1, -0.05) is 0 Å². The zero-order chi connectivity index (χ0) is 17.7. The standard InChI is InChI=1S/C15H19N3O4S2/c1-10-11(2)23-15(17-10)18-14(19)8-9-16-24(20,21)13-6-4-12(22-3)5-7-13/h4-7,16H,8-9H2,1-3H3,(H,17,18,19). The van der Waals surface area contributed by atoms with Gasteiger partial charge in [0.25, 0.3) is 0 Å². The van der Waals surface area contributed by atoms with Crippen molar-refractivity contribution in [3.63, 3.8) is 0 Å². The van der Waals surface area contributed by atoms with Gasteiger partial charge in [0, 0.05) is 17.8 Å². The molecule has 9 heteroatoms. The highest BCUT2D eigenvalue weighted by Gasteiger charge is 2.15. The predicted molar refractivity (Wildman–Crippen MR) is 93.0 cm³/mol. The molecule has 2 N–H and O–H groups in total. The molecule has 0 aliphatic rings. The van der Waals surface area contributed by atoms with Crippen LogP contribution >= 0.6 is 11.3 Å². The zero-order valence-electron chi connectivity index (χ0n) is 13.6. The fraction of sp³-hybridized carbons (Fsp3) is 0.333. The quantitative estimate of drug-likeness (QED) is 0.779. The Bertz CT molecular complexity index is 794. The lowest BCUT2D eigenvalue weighted by Gasteiger charge is -2.07. The van der Waals surface area contributed by atoms with E-state index in [2.05, 4.69) is 15.0 Å². The van der Waals surface area contributed by atoms with E-state index in [0.717, 1.165) is 10.6 Å². The average Bonchev–Trinajstić information content (AvgIpc) is 2.85. The van der Waals surface area contributed by atoms with Crippen LogP contribution in [0.2, 0.25) is 0 Å². The number of nitrogens with zero attached hydrogens (tertiary/aromatic N) is 1. The number of thiazole rings is 1. The van der Waals surface area contributed by atoms with Crippen LogP contribution in [0.25, 0.3) is 0 Å². The molecule has 0 atom stereocenters. The highest BCUT2D eigenvalue weighted by molar-refractivity contribution is 7.89. The number of carbonyl (C=O) groups excluding carboxylic acids is 1. The molecule has 0 fully saturated rings. The lowest BCUT2D eigenvalue weighted by atomic mass is 10.3. The maximum Gasteiger partial charge on any atom is 0.240 e. The van der Waals surface area contributed by atoms with Crippen LogP contribution in [0.4, 0.5) is 5.13 Å². The summed E-state index contributed by atoms with van der Waals surface area (Å²) >= 11 is 1.39. The molecular weight excluding hydrogens is 350 g/mol. The third kappa shape index (κ3) is 4.76. The molecule has 0 spiro atoms. The molecule has 1 heterocycles. The van der Waals surface area contributed by atoms with E-state index in [-0.39, 0.29) is 23.8 Å². The number of sulfonamides is 1. The first-order valence-corrected chi connectivity index (χ1v) is 9.49. The van der Waals surface area contributed by atoms with Crippen molar-refractivity contribution in [3.8, 4) is 5.75 Å². The summed E-state index contributed by atoms with van der Waals surface area (Å²) in [7, 11) is -2.15. The Labute approximate surface area is 145 Å². The van der Waals surface area contributed by atoms with Gasteiger partial charge in [-0.3, -0.25) is 4.79 Å². The van der Waals surface area contributed by atoms with Crippen LogP contribution in [0.1, 0.15) is 17.0 Å². The number of rotatable bonds is 7. The van der Waals surface area contributed by atoms with Crippen molar-refractivity contribution in [3.05, 3.63) is 34.8 Å². The molecule has 0 saturated heterocycles. The number of ether oxygens (including phenoxy) is 1. The van der Waals surface area contributed by atoms with Gasteiger partial charge >= 0.3 is 0 Å². The monoisotopic (exact) mass is 369 g/mol. The molecule has 130 valence electrons. The van der Waals surface area contributed by atoms with Gasteiger partial charge in [0.05, 0.1) is 17.7 Å². The van der Waals surface area contributed by atoms with E-state index in [1.54, 1.807) is 12.1 Å². The van der Waals surface area contributed by atoms with Crippen LogP contribution in [0.15, 0.2) is 29.2 Å². The van der Waals surface area contributed by atoms with Crippen LogP contribution in [0.3, 0.4) is 0 Å². The summed E-state index contributed by atoms with van der Waals surface area (Å²) < 4.78 is 31.6. The Kier molecular flexibility index (Phi) is 5.92. The summed E-state index contributed by atoms with van der Waals surface area (Å²) in [6.45, 7) is 3.79. The number of amides is 1. The molecule has 7 nitrogen and oxygen atoms in total. The Morgan fingerprint density at radius 2 is 1.92 bits per heavy atom. The van der Waals surface area contributed by atoms with Crippen molar-refractivity contribution in [2.75, 3.05) is 19.0 Å². The largest absolute Gasteiger partial charge is 0.497 e. The fourth-order valence-corrected chi connectivity index (χ4v) is 3.71. The maximum absolute atomic E-state index is 12.1. The molecule has 1 amide bonds. The summed E-state index contributed by atoms with van der Waals surface area (Å²) in [5, 5.41) is 3.18. The first kappa shape index (κ1) is 18.4. The number of aryl methyl sites for hydroxylation is 2. The van der Waals surface area contributed by atoms with Gasteiger partial charge in [0.15, 0.2) is 5.13 Å². The van der Waals surface area contributed by atoms with Crippen LogP contribution in [0.5, 0.6) is 5.75 Å². The number of anilines is 1. The molecule has 0 unspecified atom stereocenters. The molecule has 2 rings (SSSR count). The van der Waals surface area contributed by atoms with Crippen LogP contribution in [-0.2, 0) is 14.8 Å². The molecule has 0 saturated carbocycles. The van der Waals surface area contributed by atoms with E-state index >= 15 is 0 Å². The lowest BCUT2D eigenvalue weighted by Crippen LogP contribution is -2.27. The Hall–Kier alpha value is -1.97. The van der Waals surface area contributed by atoms with Gasteiger partial charge in [0.1, 0.15) is 5.75 Å². The molecular formula is C15H19N3O4S2. The van der Waals surface area contributed by atoms with Gasteiger partial charge in [-0.15, -0.1) is 11.3 Å². The minimum Gasteiger partial charge on any atom is -0.497 e. The third-order valence-corrected chi connectivity index (χ3v) is 5.75. The van der Waals surface area contributed by atoms with Gasteiger partial charge < -0.3 is 10.1 Å². The van der Waals surface area contributed by atoms with Crippen molar-refractivity contribution in [1.29, 1.82) is 0 Å². The van der Waals surface area contributed by atoms with Crippen molar-refractivity contribution in [2.45, 2.75) is 25.2 Å². The first-order valence-electron chi connectivity index (χ1n) is 7.19. The topological polar surface area (TPSA) is 97.4 Å². The number of aromatic nitrogens is 1. The van der Waals surface area contributed by atoms with Gasteiger partial charge in [0.2, 0.25) is 15.9 Å². The zero-order valence-corrected chi connectivity index (χ0v) is 15.3. The SMILES string of the molecule is COc1ccc(S(=O)(=O)NCCC(=O)Nc2nc(C)c(C)s2)cc1. The van der Waals surface area contributed by atoms with Crippen LogP contribution in [0, 0.1) is 13.8 Å². The van der Waals surface area contributed by atoms with Crippen LogP contribution in [-0.4, -0.2) is 33.0 Å². The summed E-state index contributed by atoms with van der Waals surface area (Å²) in [6.07, 6.45) is 0.0209. The average molecular weight is 369 g/mol. The summed E-state index contributed by atoms with van der Waals surface area (Å²) in [5.74, 6) is 0.281. The molecule has 0 radical (unpaired) electrons. The van der Waals surface area contributed by atoms with E-state index in [0.29, 0.717) is 10.9 Å². The number of carbonyl (C=O) groups is 1. The predicted octanol–water partition coefficient (Wildman–Crippen LogP) is 2.08. The lowest BCUT2D eigenvalue weighted by molar-refractivity contribution is -0.116. The Morgan fingerprint density at radius 1 is 1.25 bits per heavy atom. The second-order valence-electron chi connectivity index (χ2n) is 5.03. The molecule has 0 bridgehead atoms. The second kappa shape index (κ2) is 7.73. The number of nitrogens with one attached hydrogen (secondary N) is 2. The molecule has 1 aromatic carbocycles. The van der Waals surface area contributed by atoms with E-state index in [1.165, 1.54) is 30.6 Å². The van der Waals surface area contributed by atoms with E-state index < -0.39 is 10.0 Å². The van der Waals surface area contributed by atoms with E-state index in [9.17, 15) is 13.2 Å². The highest BCUT2D eigenvalue weighted by atomic mass is 32.2. The van der Waals surface area contributed by atoms with Crippen molar-refractivity contribution >= 4 is 32.4 Å². The van der Waals surface area contributed by atoms with Crippen molar-refractivity contribution in [2.24, 2.45) is 0 Å². The van der Waals surface area contributed by atoms with Crippen LogP contribution < -0.4 is 14.8 Å². The minimum atomic E-state index is -3.65. The number of hydrogen-bond acceptors (Lipinski definition) is 6. The first-order chi connectivity index (χ1) is 11.3. The Morgan fingerprint density at radius 3 is 2.46 bits per heavy atom. The molecule has 0 aliphatic heterocycles. The van der Waals surface area contributed by atoms with Crippen molar-refractivity contribution in [1.82, 2.24) is 9.71 Å². The van der Waals surface area contributed by atoms with E-state index in [4.69, 9.17) is 4.74 Å². The van der Waals surface area contributed by atoms with Crippen molar-refractivity contribution < 1.29 is 17.9 Å². The normalized spacial score (nSPS) is 11.3. The Balaban J connectivity index is 1.86. The van der Waals surface area contributed by atoms with Gasteiger partial charge in [-0.25, -0.2) is 18.1 Å². The van der Waals surface area contributed by atoms with E-state index in [1.807, 2.05) is 13.8 Å². The number of methoxy groups -OCH3 is 1. The third-order valence-electron chi connectivity index (χ3n) is 3.29. The second-order valence-corrected chi connectivity index (χ2v) is 8.00. The smallest absolute Gasteiger partial charge is 0.240 e. The summed E-state index contributed by atoms with van der Waals surface area (Å²) in [5.41, 5.74) is 0.871. The van der Waals surface area contributed by atoms with Gasteiger partial charge in [-0.2, -0.15) is 0 Å². The minimum absolute atomic E-state index is 0.00351. The fourth-order valence-electron chi connectivity index (χ4n) is 1.85. The number of benzene rings is 1.